The fourth-order valence-corrected chi connectivity index (χ4v) is 0.842. The Bertz CT molecular complexity index is 143. The summed E-state index contributed by atoms with van der Waals surface area (Å²) in [6.07, 6.45) is 2.28. The average Bonchev–Trinajstić information content (AvgIpc) is 1.87. The molecule has 0 amide bonds. The topological polar surface area (TPSA) is 26.0 Å². The van der Waals surface area contributed by atoms with E-state index in [2.05, 4.69) is 40.7 Å². The Morgan fingerprint density at radius 3 is 2.18 bits per heavy atom. The Morgan fingerprint density at radius 2 is 1.91 bits per heavy atom. The molecule has 0 atom stereocenters. The molecule has 0 unspecified atom stereocenters. The molecule has 1 heteroatoms. The lowest BCUT2D eigenvalue weighted by molar-refractivity contribution is 0.486. The molecule has 0 aliphatic carbocycles. The van der Waals surface area contributed by atoms with Gasteiger partial charge in [-0.3, -0.25) is 0 Å². The molecular formula is C10H21N. The fourth-order valence-electron chi connectivity index (χ4n) is 0.842. The van der Waals surface area contributed by atoms with Crippen molar-refractivity contribution in [1.82, 2.24) is 0 Å². The van der Waals surface area contributed by atoms with E-state index in [4.69, 9.17) is 5.73 Å². The fraction of sp³-hybridized carbons (Fsp3) is 0.800. The van der Waals surface area contributed by atoms with E-state index in [0.29, 0.717) is 5.92 Å². The first-order valence-corrected chi connectivity index (χ1v) is 4.28. The maximum atomic E-state index is 5.61. The van der Waals surface area contributed by atoms with Crippen LogP contribution in [0.5, 0.6) is 0 Å². The molecule has 11 heavy (non-hydrogen) atoms. The first kappa shape index (κ1) is 10.7. The van der Waals surface area contributed by atoms with Crippen LogP contribution < -0.4 is 5.73 Å². The maximum Gasteiger partial charge on any atom is 0.000896 e. The van der Waals surface area contributed by atoms with Crippen molar-refractivity contribution in [2.45, 2.75) is 34.6 Å². The largest absolute Gasteiger partial charge is 0.330 e. The van der Waals surface area contributed by atoms with Crippen molar-refractivity contribution in [2.24, 2.45) is 17.1 Å². The van der Waals surface area contributed by atoms with Crippen molar-refractivity contribution >= 4 is 0 Å². The first-order valence-electron chi connectivity index (χ1n) is 4.28. The molecule has 66 valence electrons. The van der Waals surface area contributed by atoms with Gasteiger partial charge in [0.2, 0.25) is 0 Å². The number of rotatable bonds is 3. The summed E-state index contributed by atoms with van der Waals surface area (Å²) in [4.78, 5) is 0. The highest BCUT2D eigenvalue weighted by molar-refractivity contribution is 5.07. The molecule has 0 aromatic heterocycles. The van der Waals surface area contributed by atoms with Crippen molar-refractivity contribution in [1.29, 1.82) is 0 Å². The van der Waals surface area contributed by atoms with Crippen molar-refractivity contribution in [3.8, 4) is 0 Å². The molecule has 0 fully saturated rings. The van der Waals surface area contributed by atoms with Crippen molar-refractivity contribution in [2.75, 3.05) is 6.54 Å². The van der Waals surface area contributed by atoms with E-state index >= 15 is 0 Å². The summed E-state index contributed by atoms with van der Waals surface area (Å²) >= 11 is 0. The lowest BCUT2D eigenvalue weighted by Crippen LogP contribution is -2.21. The quantitative estimate of drug-likeness (QED) is 0.623. The van der Waals surface area contributed by atoms with Gasteiger partial charge in [-0.25, -0.2) is 0 Å². The molecule has 0 aliphatic heterocycles. The number of allylic oxidation sites excluding steroid dienone is 1. The Kier molecular flexibility index (Phi) is 3.81. The lowest BCUT2D eigenvalue weighted by atomic mass is 9.88. The highest BCUT2D eigenvalue weighted by Gasteiger charge is 2.12. The number of nitrogens with two attached hydrogens (primary N) is 1. The second kappa shape index (κ2) is 3.91. The van der Waals surface area contributed by atoms with Gasteiger partial charge in [-0.15, -0.1) is 0 Å². The van der Waals surface area contributed by atoms with Crippen LogP contribution in [0.4, 0.5) is 0 Å². The standard InChI is InChI=1S/C10H21N/c1-8(2)9(3)6-10(4,5)7-11/h6,8H,7,11H2,1-5H3/b9-6+. The smallest absolute Gasteiger partial charge is 0.000896 e. The summed E-state index contributed by atoms with van der Waals surface area (Å²) in [6, 6.07) is 0. The summed E-state index contributed by atoms with van der Waals surface area (Å²) in [7, 11) is 0. The molecule has 0 saturated carbocycles. The van der Waals surface area contributed by atoms with Gasteiger partial charge in [-0.2, -0.15) is 0 Å². The summed E-state index contributed by atoms with van der Waals surface area (Å²) < 4.78 is 0. The summed E-state index contributed by atoms with van der Waals surface area (Å²) in [5.74, 6) is 0.640. The highest BCUT2D eigenvalue weighted by Crippen LogP contribution is 2.20. The minimum absolute atomic E-state index is 0.161. The average molecular weight is 155 g/mol. The third-order valence-electron chi connectivity index (χ3n) is 2.06. The van der Waals surface area contributed by atoms with Gasteiger partial charge in [0.1, 0.15) is 0 Å². The van der Waals surface area contributed by atoms with Crippen LogP contribution in [0.25, 0.3) is 0 Å². The third kappa shape index (κ3) is 4.20. The predicted molar refractivity (Wildman–Crippen MR) is 51.4 cm³/mol. The minimum atomic E-state index is 0.161. The van der Waals surface area contributed by atoms with Gasteiger partial charge in [-0.1, -0.05) is 39.3 Å². The van der Waals surface area contributed by atoms with Crippen LogP contribution in [-0.2, 0) is 0 Å². The van der Waals surface area contributed by atoms with Crippen LogP contribution in [0.1, 0.15) is 34.6 Å². The van der Waals surface area contributed by atoms with Gasteiger partial charge in [0.15, 0.2) is 0 Å². The zero-order valence-corrected chi connectivity index (χ0v) is 8.44. The molecule has 0 radical (unpaired) electrons. The van der Waals surface area contributed by atoms with Crippen molar-refractivity contribution in [3.63, 3.8) is 0 Å². The maximum absolute atomic E-state index is 5.61. The van der Waals surface area contributed by atoms with E-state index in [0.717, 1.165) is 6.54 Å². The molecule has 0 aromatic rings. The van der Waals surface area contributed by atoms with Gasteiger partial charge in [-0.05, 0) is 18.3 Å². The summed E-state index contributed by atoms with van der Waals surface area (Å²) in [6.45, 7) is 11.6. The molecule has 0 bridgehead atoms. The molecule has 0 heterocycles. The van der Waals surface area contributed by atoms with Gasteiger partial charge in [0.05, 0.1) is 0 Å². The number of hydrogen-bond acceptors (Lipinski definition) is 1. The third-order valence-corrected chi connectivity index (χ3v) is 2.06. The first-order chi connectivity index (χ1) is 4.89. The van der Waals surface area contributed by atoms with Crippen molar-refractivity contribution < 1.29 is 0 Å². The zero-order chi connectivity index (χ0) is 9.07. The van der Waals surface area contributed by atoms with E-state index in [1.165, 1.54) is 5.57 Å². The molecule has 0 rings (SSSR count). The molecule has 0 saturated heterocycles. The van der Waals surface area contributed by atoms with E-state index in [9.17, 15) is 0 Å². The van der Waals surface area contributed by atoms with Crippen LogP contribution in [0.15, 0.2) is 11.6 Å². The molecule has 2 N–H and O–H groups in total. The van der Waals surface area contributed by atoms with E-state index in [-0.39, 0.29) is 5.41 Å². The molecule has 0 spiro atoms. The van der Waals surface area contributed by atoms with Crippen LogP contribution >= 0.6 is 0 Å². The van der Waals surface area contributed by atoms with Crippen LogP contribution in [0.2, 0.25) is 0 Å². The normalized spacial score (nSPS) is 14.3. The molecular weight excluding hydrogens is 134 g/mol. The lowest BCUT2D eigenvalue weighted by Gasteiger charge is -2.19. The molecule has 1 nitrogen and oxygen atoms in total. The highest BCUT2D eigenvalue weighted by atomic mass is 14.6. The Labute approximate surface area is 70.7 Å². The van der Waals surface area contributed by atoms with Gasteiger partial charge < -0.3 is 5.73 Å². The van der Waals surface area contributed by atoms with E-state index < -0.39 is 0 Å². The van der Waals surface area contributed by atoms with Crippen molar-refractivity contribution in [3.05, 3.63) is 11.6 Å². The molecule has 0 aliphatic rings. The Hall–Kier alpha value is -0.300. The SMILES string of the molecule is C/C(=C\C(C)(C)CN)C(C)C. The van der Waals surface area contributed by atoms with Gasteiger partial charge >= 0.3 is 0 Å². The summed E-state index contributed by atoms with van der Waals surface area (Å²) in [5.41, 5.74) is 7.20. The monoisotopic (exact) mass is 155 g/mol. The van der Waals surface area contributed by atoms with Crippen LogP contribution in [0, 0.1) is 11.3 Å². The second-order valence-corrected chi connectivity index (χ2v) is 4.24. The predicted octanol–water partition coefficient (Wildman–Crippen LogP) is 2.57. The summed E-state index contributed by atoms with van der Waals surface area (Å²) in [5, 5.41) is 0. The van der Waals surface area contributed by atoms with Crippen LogP contribution in [0.3, 0.4) is 0 Å². The molecule has 0 aromatic carbocycles. The number of hydrogen-bond donors (Lipinski definition) is 1. The van der Waals surface area contributed by atoms with Gasteiger partial charge in [0, 0.05) is 6.54 Å². The van der Waals surface area contributed by atoms with Crippen LogP contribution in [-0.4, -0.2) is 6.54 Å². The zero-order valence-electron chi connectivity index (χ0n) is 8.44. The Balaban J connectivity index is 4.29. The second-order valence-electron chi connectivity index (χ2n) is 4.24. The van der Waals surface area contributed by atoms with E-state index in [1.807, 2.05) is 0 Å². The van der Waals surface area contributed by atoms with E-state index in [1.54, 1.807) is 0 Å². The Morgan fingerprint density at radius 1 is 1.45 bits per heavy atom. The van der Waals surface area contributed by atoms with Gasteiger partial charge in [0.25, 0.3) is 0 Å². The minimum Gasteiger partial charge on any atom is -0.330 e.